The summed E-state index contributed by atoms with van der Waals surface area (Å²) in [7, 11) is 0. The van der Waals surface area contributed by atoms with Gasteiger partial charge in [-0.15, -0.1) is 0 Å². The first-order chi connectivity index (χ1) is 28.9. The summed E-state index contributed by atoms with van der Waals surface area (Å²) in [5, 5.41) is 13.0. The van der Waals surface area contributed by atoms with E-state index in [1.807, 2.05) is 92.7 Å². The first kappa shape index (κ1) is 39.9. The van der Waals surface area contributed by atoms with E-state index < -0.39 is 36.0 Å². The summed E-state index contributed by atoms with van der Waals surface area (Å²) in [6.07, 6.45) is 1.52. The van der Waals surface area contributed by atoms with Gasteiger partial charge < -0.3 is 34.0 Å². The number of carbonyl (C=O) groups is 3. The zero-order valence-corrected chi connectivity index (χ0v) is 34.2. The van der Waals surface area contributed by atoms with E-state index in [2.05, 4.69) is 34.3 Å². The van der Waals surface area contributed by atoms with Crippen molar-refractivity contribution in [3.05, 3.63) is 159 Å². The number of aryl methyl sites for hydroxylation is 4. The van der Waals surface area contributed by atoms with E-state index in [1.54, 1.807) is 20.0 Å². The smallest absolute Gasteiger partial charge is 0.326 e. The van der Waals surface area contributed by atoms with E-state index in [0.717, 1.165) is 56.0 Å². The molecule has 2 aliphatic heterocycles. The number of carboxylic acid groups (broad SMARTS) is 1. The highest BCUT2D eigenvalue weighted by atomic mass is 16.6. The van der Waals surface area contributed by atoms with Crippen molar-refractivity contribution in [3.63, 3.8) is 0 Å². The zero-order chi connectivity index (χ0) is 42.1. The molecule has 8 rings (SSSR count). The molecule has 0 aliphatic carbocycles. The Kier molecular flexibility index (Phi) is 11.1. The van der Waals surface area contributed by atoms with Crippen LogP contribution < -0.4 is 19.5 Å². The fraction of sp³-hybridized carbons (Fsp3) is 0.271. The van der Waals surface area contributed by atoms with Crippen LogP contribution in [0.15, 0.2) is 102 Å². The number of benzene rings is 4. The molecule has 6 aromatic rings. The maximum atomic E-state index is 14.2. The van der Waals surface area contributed by atoms with E-state index in [9.17, 15) is 19.5 Å². The van der Waals surface area contributed by atoms with Crippen LogP contribution >= 0.6 is 0 Å². The molecular formula is C48H46N4O8. The number of hydrogen-bond acceptors (Lipinski definition) is 9. The predicted octanol–water partition coefficient (Wildman–Crippen LogP) is 7.75. The second-order valence-electron chi connectivity index (χ2n) is 15.5. The first-order valence-electron chi connectivity index (χ1n) is 19.9. The van der Waals surface area contributed by atoms with Crippen molar-refractivity contribution in [3.8, 4) is 28.4 Å². The van der Waals surface area contributed by atoms with Crippen molar-refractivity contribution in [2.75, 3.05) is 6.61 Å². The average Bonchev–Trinajstić information content (AvgIpc) is 3.59. The van der Waals surface area contributed by atoms with Crippen molar-refractivity contribution in [1.29, 1.82) is 0 Å². The Balaban J connectivity index is 0.997. The molecule has 3 atom stereocenters. The fourth-order valence-electron chi connectivity index (χ4n) is 7.85. The maximum absolute atomic E-state index is 14.2. The number of amides is 2. The topological polar surface area (TPSA) is 153 Å². The standard InChI is InChI=1S/C48H46N4O8/c1-27-7-6-8-33(19-27)25-57-38-15-13-35(14-16-38)44-26-58-42-22-36-21-41(52(24-37(36)23-43(42)60-44)47(54)45-30(4)59-31(5)50-45)46(53)51-40(48(55)56)20-32-9-11-34(12-10-32)39-17-18-49-29(3)28(39)2/h6-19,22-23,40-41,44H,20-21,24-26H2,1-5H3,(H,51,53)(H,55,56)/t40-,41-,44+/m0/s1. The number of carbonyl (C=O) groups excluding carboxylic acids is 2. The molecule has 0 saturated heterocycles. The Morgan fingerprint density at radius 2 is 1.67 bits per heavy atom. The summed E-state index contributed by atoms with van der Waals surface area (Å²) in [4.78, 5) is 51.1. The van der Waals surface area contributed by atoms with Gasteiger partial charge in [0.05, 0.1) is 0 Å². The predicted molar refractivity (Wildman–Crippen MR) is 223 cm³/mol. The highest BCUT2D eigenvalue weighted by molar-refractivity contribution is 5.98. The van der Waals surface area contributed by atoms with Gasteiger partial charge in [0.25, 0.3) is 5.91 Å². The molecular weight excluding hydrogens is 761 g/mol. The summed E-state index contributed by atoms with van der Waals surface area (Å²) < 4.78 is 24.3. The van der Waals surface area contributed by atoms with Gasteiger partial charge >= 0.3 is 5.97 Å². The largest absolute Gasteiger partial charge is 0.489 e. The van der Waals surface area contributed by atoms with E-state index in [-0.39, 0.29) is 31.7 Å². The normalized spacial score (nSPS) is 16.1. The van der Waals surface area contributed by atoms with Gasteiger partial charge in [0.1, 0.15) is 36.8 Å². The van der Waals surface area contributed by atoms with Crippen LogP contribution in [0, 0.1) is 34.6 Å². The highest BCUT2D eigenvalue weighted by Gasteiger charge is 2.39. The van der Waals surface area contributed by atoms with Crippen LogP contribution in [0.3, 0.4) is 0 Å². The summed E-state index contributed by atoms with van der Waals surface area (Å²) in [5.41, 5.74) is 9.58. The SMILES string of the molecule is Cc1cccc(COc2ccc([C@H]3COc4cc5c(cc4O3)CN(C(=O)c3nc(C)oc3C)[C@H](C(=O)N[C@@H](Cc3ccc(-c4ccnc(C)c4C)cc3)C(=O)O)C5)cc2)c1. The monoisotopic (exact) mass is 806 g/mol. The Bertz CT molecular complexity index is 2580. The molecule has 2 aromatic heterocycles. The average molecular weight is 807 g/mol. The van der Waals surface area contributed by atoms with Crippen LogP contribution in [-0.4, -0.2) is 56.4 Å². The summed E-state index contributed by atoms with van der Waals surface area (Å²) >= 11 is 0. The summed E-state index contributed by atoms with van der Waals surface area (Å²) in [6.45, 7) is 10.1. The van der Waals surface area contributed by atoms with Crippen molar-refractivity contribution in [2.24, 2.45) is 0 Å². The molecule has 0 saturated carbocycles. The van der Waals surface area contributed by atoms with Crippen molar-refractivity contribution < 1.29 is 38.1 Å². The third-order valence-corrected chi connectivity index (χ3v) is 11.2. The van der Waals surface area contributed by atoms with Crippen molar-refractivity contribution >= 4 is 17.8 Å². The van der Waals surface area contributed by atoms with E-state index >= 15 is 0 Å². The number of fused-ring (bicyclic) bond motifs is 2. The number of pyridine rings is 1. The van der Waals surface area contributed by atoms with Gasteiger partial charge in [-0.25, -0.2) is 9.78 Å². The molecule has 12 nitrogen and oxygen atoms in total. The quantitative estimate of drug-likeness (QED) is 0.133. The number of nitrogens with one attached hydrogen (secondary N) is 1. The van der Waals surface area contributed by atoms with Gasteiger partial charge in [0, 0.05) is 38.2 Å². The lowest BCUT2D eigenvalue weighted by atomic mass is 9.91. The number of carboxylic acids is 1. The molecule has 4 heterocycles. The molecule has 306 valence electrons. The molecule has 0 radical (unpaired) electrons. The van der Waals surface area contributed by atoms with Gasteiger partial charge in [-0.05, 0) is 103 Å². The zero-order valence-electron chi connectivity index (χ0n) is 34.2. The molecule has 2 N–H and O–H groups in total. The Hall–Kier alpha value is -6.95. The van der Waals surface area contributed by atoms with E-state index in [1.165, 1.54) is 10.5 Å². The molecule has 2 amide bonds. The van der Waals surface area contributed by atoms with Gasteiger partial charge in [-0.2, -0.15) is 0 Å². The second kappa shape index (κ2) is 16.7. The van der Waals surface area contributed by atoms with E-state index in [0.29, 0.717) is 29.8 Å². The third kappa shape index (κ3) is 8.45. The molecule has 0 bridgehead atoms. The van der Waals surface area contributed by atoms with Crippen molar-refractivity contribution in [2.45, 2.75) is 78.8 Å². The van der Waals surface area contributed by atoms with Gasteiger partial charge in [-0.3, -0.25) is 14.6 Å². The molecule has 12 heteroatoms. The lowest BCUT2D eigenvalue weighted by Gasteiger charge is -2.37. The lowest BCUT2D eigenvalue weighted by molar-refractivity contribution is -0.142. The minimum absolute atomic E-state index is 0.0392. The van der Waals surface area contributed by atoms with Crippen molar-refractivity contribution in [1.82, 2.24) is 20.2 Å². The van der Waals surface area contributed by atoms with E-state index in [4.69, 9.17) is 18.6 Å². The van der Waals surface area contributed by atoms with Crippen LogP contribution in [0.1, 0.15) is 72.9 Å². The number of oxazole rings is 1. The minimum atomic E-state index is -1.26. The van der Waals surface area contributed by atoms with Gasteiger partial charge in [0.15, 0.2) is 29.2 Å². The molecule has 4 aromatic carbocycles. The van der Waals surface area contributed by atoms with Crippen LogP contribution in [0.25, 0.3) is 11.1 Å². The number of rotatable bonds is 11. The summed E-state index contributed by atoms with van der Waals surface area (Å²) in [6, 6.07) is 26.9. The first-order valence-corrected chi connectivity index (χ1v) is 19.9. The van der Waals surface area contributed by atoms with Crippen LogP contribution in [0.4, 0.5) is 0 Å². The Morgan fingerprint density at radius 1 is 0.900 bits per heavy atom. The fourth-order valence-corrected chi connectivity index (χ4v) is 7.85. The number of aliphatic carboxylic acids is 1. The highest BCUT2D eigenvalue weighted by Crippen LogP contribution is 2.41. The number of hydrogen-bond donors (Lipinski definition) is 2. The number of nitrogens with zero attached hydrogens (tertiary/aromatic N) is 3. The van der Waals surface area contributed by atoms with Crippen LogP contribution in [-0.2, 0) is 35.6 Å². The lowest BCUT2D eigenvalue weighted by Crippen LogP contribution is -2.56. The number of ether oxygens (including phenoxy) is 3. The third-order valence-electron chi connectivity index (χ3n) is 11.2. The van der Waals surface area contributed by atoms with Gasteiger partial charge in [0.2, 0.25) is 5.91 Å². The molecule has 60 heavy (non-hydrogen) atoms. The second-order valence-corrected chi connectivity index (χ2v) is 15.5. The molecule has 0 fully saturated rings. The Morgan fingerprint density at radius 3 is 2.38 bits per heavy atom. The molecule has 0 unspecified atom stereocenters. The molecule has 2 aliphatic rings. The maximum Gasteiger partial charge on any atom is 0.326 e. The van der Waals surface area contributed by atoms with Crippen LogP contribution in [0.5, 0.6) is 17.2 Å². The van der Waals surface area contributed by atoms with Crippen LogP contribution in [0.2, 0.25) is 0 Å². The Labute approximate surface area is 348 Å². The van der Waals surface area contributed by atoms with Gasteiger partial charge in [-0.1, -0.05) is 66.2 Å². The summed E-state index contributed by atoms with van der Waals surface area (Å²) in [5.74, 6) is 0.122. The number of aromatic nitrogens is 2. The molecule has 0 spiro atoms. The minimum Gasteiger partial charge on any atom is -0.489 e.